The Bertz CT molecular complexity index is 736. The van der Waals surface area contributed by atoms with Gasteiger partial charge in [-0.1, -0.05) is 24.3 Å². The van der Waals surface area contributed by atoms with E-state index >= 15 is 0 Å². The molecule has 0 amide bonds. The van der Waals surface area contributed by atoms with Gasteiger partial charge >= 0.3 is 0 Å². The van der Waals surface area contributed by atoms with Crippen molar-refractivity contribution in [3.05, 3.63) is 77.2 Å². The first kappa shape index (κ1) is 23.5. The second-order valence-corrected chi connectivity index (χ2v) is 4.34. The van der Waals surface area contributed by atoms with Crippen LogP contribution in [0.15, 0.2) is 48.5 Å². The second kappa shape index (κ2) is 12.8. The summed E-state index contributed by atoms with van der Waals surface area (Å²) in [5, 5.41) is 26.9. The molecular weight excluding hydrogens is 399 g/mol. The number of nitrogen functional groups attached to an aromatic ring is 1. The number of benzene rings is 2. The summed E-state index contributed by atoms with van der Waals surface area (Å²) < 4.78 is 0. The molecule has 2 N–H and O–H groups in total. The van der Waals surface area contributed by atoms with E-state index in [1.165, 1.54) is 12.1 Å². The Kier molecular flexibility index (Phi) is 12.5. The van der Waals surface area contributed by atoms with E-state index in [9.17, 15) is 10.1 Å². The fraction of sp³-hybridized carbons (Fsp3) is 0.118. The van der Waals surface area contributed by atoms with E-state index in [0.717, 1.165) is 5.56 Å². The van der Waals surface area contributed by atoms with Crippen molar-refractivity contribution in [2.24, 2.45) is 0 Å². The second-order valence-electron chi connectivity index (χ2n) is 4.34. The van der Waals surface area contributed by atoms with Crippen molar-refractivity contribution in [1.82, 2.24) is 0 Å². The Morgan fingerprint density at radius 2 is 1.50 bits per heavy atom. The van der Waals surface area contributed by atoms with Gasteiger partial charge in [0.2, 0.25) is 0 Å². The molecule has 0 aromatic heterocycles. The quantitative estimate of drug-likeness (QED) is 0.271. The van der Waals surface area contributed by atoms with Gasteiger partial charge < -0.3 is 13.2 Å². The molecule has 6 nitrogen and oxygen atoms in total. The first-order valence-electron chi connectivity index (χ1n) is 6.38. The first-order chi connectivity index (χ1) is 10.6. The summed E-state index contributed by atoms with van der Waals surface area (Å²) in [6.45, 7) is 0. The molecule has 7 heteroatoms. The van der Waals surface area contributed by atoms with Crippen molar-refractivity contribution >= 4 is 11.4 Å². The molecule has 0 unspecified atom stereocenters. The van der Waals surface area contributed by atoms with Crippen molar-refractivity contribution in [2.75, 3.05) is 5.73 Å². The van der Waals surface area contributed by atoms with E-state index in [1.54, 1.807) is 18.2 Å². The number of rotatable bonds is 3. The fourth-order valence-electron chi connectivity index (χ4n) is 1.67. The normalized spacial score (nSPS) is 8.08. The van der Waals surface area contributed by atoms with Crippen LogP contribution in [0.3, 0.4) is 0 Å². The summed E-state index contributed by atoms with van der Waals surface area (Å²) in [4.78, 5) is 9.81. The van der Waals surface area contributed by atoms with Crippen LogP contribution in [0.25, 0.3) is 0 Å². The maximum atomic E-state index is 10.3. The molecule has 0 aliphatic heterocycles. The van der Waals surface area contributed by atoms with Crippen LogP contribution in [-0.2, 0) is 33.3 Å². The van der Waals surface area contributed by atoms with Gasteiger partial charge in [-0.2, -0.15) is 10.5 Å². The van der Waals surface area contributed by atoms with Crippen molar-refractivity contribution in [2.45, 2.75) is 12.8 Å². The van der Waals surface area contributed by atoms with E-state index in [2.05, 4.69) is 6.07 Å². The fourth-order valence-corrected chi connectivity index (χ4v) is 1.67. The van der Waals surface area contributed by atoms with Gasteiger partial charge in [-0.25, -0.2) is 0 Å². The van der Waals surface area contributed by atoms with Gasteiger partial charge in [0.25, 0.3) is 5.69 Å². The maximum Gasteiger partial charge on any atom is 0.269 e. The molecule has 24 heavy (non-hydrogen) atoms. The molecule has 0 spiro atoms. The number of anilines is 1. The first-order valence-corrected chi connectivity index (χ1v) is 6.38. The molecule has 0 radical (unpaired) electrons. The molecule has 2 rings (SSSR count). The molecule has 0 fully saturated rings. The minimum Gasteiger partial charge on any atom is -0.399 e. The van der Waals surface area contributed by atoms with Crippen molar-refractivity contribution in [1.29, 1.82) is 10.5 Å². The predicted octanol–water partition coefficient (Wildman–Crippen LogP) is 3.44. The van der Waals surface area contributed by atoms with E-state index in [1.807, 2.05) is 24.3 Å². The Morgan fingerprint density at radius 1 is 1.00 bits per heavy atom. The van der Waals surface area contributed by atoms with Crippen LogP contribution in [0.2, 0.25) is 0 Å². The number of nitro groups is 1. The predicted molar refractivity (Wildman–Crippen MR) is 89.0 cm³/mol. The molecule has 0 saturated carbocycles. The Hall–Kier alpha value is -2.72. The smallest absolute Gasteiger partial charge is 0.269 e. The van der Waals surface area contributed by atoms with Crippen LogP contribution in [0.1, 0.15) is 11.1 Å². The topological polar surface area (TPSA) is 117 Å². The largest absolute Gasteiger partial charge is 0.399 e. The summed E-state index contributed by atoms with van der Waals surface area (Å²) >= 11 is 0. The van der Waals surface area contributed by atoms with Crippen LogP contribution in [0.5, 0.6) is 0 Å². The number of nitriles is 2. The zero-order valence-corrected chi connectivity index (χ0v) is 14.6. The zero-order chi connectivity index (χ0) is 16.4. The number of non-ortho nitro benzene ring substituents is 1. The van der Waals surface area contributed by atoms with Crippen molar-refractivity contribution < 1.29 is 25.3 Å². The molecule has 2 aromatic carbocycles. The van der Waals surface area contributed by atoms with E-state index < -0.39 is 4.92 Å². The van der Waals surface area contributed by atoms with Gasteiger partial charge in [0, 0.05) is 38.2 Å². The average molecular weight is 416 g/mol. The standard InChI is InChI=1S/C8H6N2O2.C8H8N2.CH3.Pd/c9-5-4-7-2-1-3-8(6-7)10(11)12;9-5-4-7-2-1-3-8(10)6-7;;/h1-3,6H,4H2;1-3,6H,4,10H2;1H3;/q;;-1;. The van der Waals surface area contributed by atoms with Crippen molar-refractivity contribution in [3.63, 3.8) is 0 Å². The van der Waals surface area contributed by atoms with Gasteiger partial charge in [0.1, 0.15) is 0 Å². The maximum absolute atomic E-state index is 10.3. The summed E-state index contributed by atoms with van der Waals surface area (Å²) in [6, 6.07) is 17.4. The van der Waals surface area contributed by atoms with Gasteiger partial charge in [-0.15, -0.1) is 0 Å². The Morgan fingerprint density at radius 3 is 1.96 bits per heavy atom. The molecule has 0 atom stereocenters. The molecular formula is C17H17N4O2Pd-. The number of nitrogens with two attached hydrogens (primary N) is 1. The van der Waals surface area contributed by atoms with Gasteiger partial charge in [-0.05, 0) is 23.3 Å². The molecule has 0 aliphatic carbocycles. The molecule has 2 aromatic rings. The molecule has 0 aliphatic rings. The minimum absolute atomic E-state index is 0. The minimum atomic E-state index is -0.471. The van der Waals surface area contributed by atoms with E-state index in [4.69, 9.17) is 16.3 Å². The summed E-state index contributed by atoms with van der Waals surface area (Å²) in [6.07, 6.45) is 0.646. The van der Waals surface area contributed by atoms with Gasteiger partial charge in [0.05, 0.1) is 29.9 Å². The van der Waals surface area contributed by atoms with Crippen LogP contribution in [0, 0.1) is 40.2 Å². The van der Waals surface area contributed by atoms with Crippen molar-refractivity contribution in [3.8, 4) is 12.1 Å². The molecule has 128 valence electrons. The molecule has 0 bridgehead atoms. The Balaban J connectivity index is 0. The number of hydrogen-bond donors (Lipinski definition) is 1. The SMILES string of the molecule is N#CCc1cccc(N)c1.N#CCc1cccc([N+](=O)[O-])c1.[CH3-].[Pd]. The third kappa shape index (κ3) is 8.66. The van der Waals surface area contributed by atoms with Crippen LogP contribution >= 0.6 is 0 Å². The van der Waals surface area contributed by atoms with Gasteiger partial charge in [0.15, 0.2) is 0 Å². The third-order valence-electron chi connectivity index (χ3n) is 2.64. The Labute approximate surface area is 155 Å². The molecule has 0 saturated heterocycles. The average Bonchev–Trinajstić information content (AvgIpc) is 2.49. The third-order valence-corrected chi connectivity index (χ3v) is 2.64. The summed E-state index contributed by atoms with van der Waals surface area (Å²) in [5.74, 6) is 0. The van der Waals surface area contributed by atoms with Gasteiger partial charge in [-0.3, -0.25) is 10.1 Å². The summed E-state index contributed by atoms with van der Waals surface area (Å²) in [5.41, 5.74) is 7.87. The number of nitro benzene ring substituents is 1. The number of hydrogen-bond acceptors (Lipinski definition) is 5. The van der Waals surface area contributed by atoms with Crippen LogP contribution < -0.4 is 5.73 Å². The molecule has 0 heterocycles. The van der Waals surface area contributed by atoms with Crippen LogP contribution in [-0.4, -0.2) is 4.92 Å². The monoisotopic (exact) mass is 415 g/mol. The van der Waals surface area contributed by atoms with E-state index in [0.29, 0.717) is 17.7 Å². The zero-order valence-electron chi connectivity index (χ0n) is 13.1. The number of nitrogens with zero attached hydrogens (tertiary/aromatic N) is 3. The summed E-state index contributed by atoms with van der Waals surface area (Å²) in [7, 11) is 0. The van der Waals surface area contributed by atoms with Crippen LogP contribution in [0.4, 0.5) is 11.4 Å². The van der Waals surface area contributed by atoms with E-state index in [-0.39, 0.29) is 40.0 Å².